The van der Waals surface area contributed by atoms with Crippen molar-refractivity contribution in [3.63, 3.8) is 0 Å². The van der Waals surface area contributed by atoms with Crippen molar-refractivity contribution in [1.29, 1.82) is 0 Å². The molecule has 0 aliphatic heterocycles. The summed E-state index contributed by atoms with van der Waals surface area (Å²) in [5.74, 6) is -2.09. The third kappa shape index (κ3) is 15.6. The summed E-state index contributed by atoms with van der Waals surface area (Å²) in [4.78, 5) is 72.0. The molecular weight excluding hydrogens is 468 g/mol. The van der Waals surface area contributed by atoms with Crippen LogP contribution < -0.4 is 21.3 Å². The van der Waals surface area contributed by atoms with E-state index in [1.54, 1.807) is 0 Å². The van der Waals surface area contributed by atoms with E-state index in [0.29, 0.717) is 19.1 Å². The summed E-state index contributed by atoms with van der Waals surface area (Å²) >= 11 is 0. The molecule has 0 aromatic rings. The number of aldehydes is 1. The molecule has 0 aromatic heterocycles. The normalized spacial score (nSPS) is 13.2. The number of carbonyl (C=O) groups is 6. The van der Waals surface area contributed by atoms with Crippen LogP contribution in [0.4, 0.5) is 0 Å². The van der Waals surface area contributed by atoms with Gasteiger partial charge in [0.05, 0.1) is 12.5 Å². The number of hydrogen-bond donors (Lipinski definition) is 4. The van der Waals surface area contributed by atoms with Crippen LogP contribution in [-0.2, 0) is 33.5 Å². The first-order chi connectivity index (χ1) is 16.9. The zero-order valence-corrected chi connectivity index (χ0v) is 22.1. The van der Waals surface area contributed by atoms with Gasteiger partial charge in [0.25, 0.3) is 0 Å². The van der Waals surface area contributed by atoms with Gasteiger partial charge in [-0.2, -0.15) is 0 Å². The van der Waals surface area contributed by atoms with Crippen molar-refractivity contribution in [2.24, 2.45) is 11.8 Å². The Labute approximate surface area is 213 Å². The first-order valence-corrected chi connectivity index (χ1v) is 12.3. The Kier molecular flexibility index (Phi) is 16.5. The molecule has 36 heavy (non-hydrogen) atoms. The molecule has 0 radical (unpaired) electrons. The van der Waals surface area contributed by atoms with Gasteiger partial charge in [-0.3, -0.25) is 24.0 Å². The highest BCUT2D eigenvalue weighted by atomic mass is 16.5. The summed E-state index contributed by atoms with van der Waals surface area (Å²) in [5.41, 5.74) is 0. The molecule has 0 bridgehead atoms. The number of nitrogens with one attached hydrogen (secondary N) is 4. The lowest BCUT2D eigenvalue weighted by Gasteiger charge is -2.23. The number of esters is 1. The maximum absolute atomic E-state index is 12.8. The Hall–Kier alpha value is -3.24. The van der Waals surface area contributed by atoms with Gasteiger partial charge in [-0.05, 0) is 31.6 Å². The van der Waals surface area contributed by atoms with E-state index in [4.69, 9.17) is 4.74 Å². The molecule has 0 saturated carbocycles. The fourth-order valence-corrected chi connectivity index (χ4v) is 3.16. The molecule has 3 atom stereocenters. The number of ether oxygens (including phenoxy) is 1. The molecule has 4 amide bonds. The zero-order valence-electron chi connectivity index (χ0n) is 22.1. The van der Waals surface area contributed by atoms with Crippen LogP contribution in [0.2, 0.25) is 0 Å². The van der Waals surface area contributed by atoms with Crippen LogP contribution >= 0.6 is 0 Å². The second-order valence-corrected chi connectivity index (χ2v) is 9.43. The van der Waals surface area contributed by atoms with Gasteiger partial charge in [0.1, 0.15) is 25.0 Å². The molecule has 0 heterocycles. The maximum atomic E-state index is 12.8. The van der Waals surface area contributed by atoms with E-state index in [9.17, 15) is 28.8 Å². The van der Waals surface area contributed by atoms with Crippen molar-refractivity contribution in [2.75, 3.05) is 13.2 Å². The zero-order chi connectivity index (χ0) is 27.7. The minimum Gasteiger partial charge on any atom is -0.461 e. The van der Waals surface area contributed by atoms with Gasteiger partial charge < -0.3 is 30.8 Å². The van der Waals surface area contributed by atoms with Gasteiger partial charge in [-0.25, -0.2) is 0 Å². The molecule has 11 nitrogen and oxygen atoms in total. The number of amides is 4. The van der Waals surface area contributed by atoms with Gasteiger partial charge in [0, 0.05) is 19.4 Å². The van der Waals surface area contributed by atoms with Gasteiger partial charge in [-0.15, -0.1) is 0 Å². The summed E-state index contributed by atoms with van der Waals surface area (Å²) < 4.78 is 4.78. The summed E-state index contributed by atoms with van der Waals surface area (Å²) in [5, 5.41) is 10.4. The summed E-state index contributed by atoms with van der Waals surface area (Å²) in [6.45, 7) is 12.7. The van der Waals surface area contributed by atoms with E-state index in [1.807, 2.05) is 27.7 Å². The highest BCUT2D eigenvalue weighted by Gasteiger charge is 2.26. The first-order valence-electron chi connectivity index (χ1n) is 12.3. The Balaban J connectivity index is 4.69. The standard InChI is InChI=1S/C25H42N4O7/c1-7-12-36-23(33)9-8-21(31)26-11-10-22(32)29-20(14-17(4)5)25(35)27-18(6)24(34)28-19(15-30)13-16(2)3/h7,15-20H,1,8-14H2,2-6H3,(H,26,31)(H,27,35)(H,28,34)(H,29,32). The molecule has 0 aliphatic carbocycles. The Morgan fingerprint density at radius 2 is 1.44 bits per heavy atom. The second kappa shape index (κ2) is 18.1. The van der Waals surface area contributed by atoms with Gasteiger partial charge in [0.2, 0.25) is 23.6 Å². The molecule has 4 N–H and O–H groups in total. The third-order valence-electron chi connectivity index (χ3n) is 4.92. The van der Waals surface area contributed by atoms with Crippen molar-refractivity contribution < 1.29 is 33.5 Å². The quantitative estimate of drug-likeness (QED) is 0.120. The molecule has 0 rings (SSSR count). The minimum absolute atomic E-state index is 0.0319. The van der Waals surface area contributed by atoms with Crippen LogP contribution in [0.1, 0.15) is 66.7 Å². The lowest BCUT2D eigenvalue weighted by molar-refractivity contribution is -0.143. The van der Waals surface area contributed by atoms with E-state index >= 15 is 0 Å². The highest BCUT2D eigenvalue weighted by Crippen LogP contribution is 2.07. The van der Waals surface area contributed by atoms with Crippen LogP contribution in [0.25, 0.3) is 0 Å². The van der Waals surface area contributed by atoms with Crippen LogP contribution in [0.3, 0.4) is 0 Å². The van der Waals surface area contributed by atoms with Crippen LogP contribution in [0, 0.1) is 11.8 Å². The molecule has 0 fully saturated rings. The van der Waals surface area contributed by atoms with Gasteiger partial charge in [0.15, 0.2) is 0 Å². The highest BCUT2D eigenvalue weighted by molar-refractivity contribution is 5.92. The molecule has 0 aliphatic rings. The lowest BCUT2D eigenvalue weighted by Crippen LogP contribution is -2.54. The molecule has 0 spiro atoms. The van der Waals surface area contributed by atoms with E-state index in [1.165, 1.54) is 13.0 Å². The smallest absolute Gasteiger partial charge is 0.306 e. The minimum atomic E-state index is -0.906. The number of hydrogen-bond acceptors (Lipinski definition) is 7. The second-order valence-electron chi connectivity index (χ2n) is 9.43. The Morgan fingerprint density at radius 3 is 2.00 bits per heavy atom. The maximum Gasteiger partial charge on any atom is 0.306 e. The molecule has 11 heteroatoms. The van der Waals surface area contributed by atoms with E-state index < -0.39 is 47.7 Å². The average molecular weight is 511 g/mol. The average Bonchev–Trinajstić information content (AvgIpc) is 2.79. The molecule has 3 unspecified atom stereocenters. The Bertz CT molecular complexity index is 768. The molecule has 204 valence electrons. The van der Waals surface area contributed by atoms with Gasteiger partial charge >= 0.3 is 5.97 Å². The lowest BCUT2D eigenvalue weighted by atomic mass is 10.0. The number of carbonyl (C=O) groups excluding carboxylic acids is 6. The van der Waals surface area contributed by atoms with Crippen LogP contribution in [0.15, 0.2) is 12.7 Å². The monoisotopic (exact) mass is 510 g/mol. The molecular formula is C25H42N4O7. The number of rotatable bonds is 18. The van der Waals surface area contributed by atoms with Crippen molar-refractivity contribution >= 4 is 35.9 Å². The first kappa shape index (κ1) is 32.8. The summed E-state index contributed by atoms with van der Waals surface area (Å²) in [7, 11) is 0. The molecule has 0 saturated heterocycles. The third-order valence-corrected chi connectivity index (χ3v) is 4.92. The largest absolute Gasteiger partial charge is 0.461 e. The van der Waals surface area contributed by atoms with E-state index in [2.05, 4.69) is 27.8 Å². The topological polar surface area (TPSA) is 160 Å². The van der Waals surface area contributed by atoms with Gasteiger partial charge in [-0.1, -0.05) is 40.3 Å². The van der Waals surface area contributed by atoms with Crippen molar-refractivity contribution in [3.05, 3.63) is 12.7 Å². The Morgan fingerprint density at radius 1 is 0.806 bits per heavy atom. The predicted octanol–water partition coefficient (Wildman–Crippen LogP) is 0.768. The molecule has 0 aromatic carbocycles. The van der Waals surface area contributed by atoms with E-state index in [-0.39, 0.29) is 44.2 Å². The summed E-state index contributed by atoms with van der Waals surface area (Å²) in [6, 6.07) is -2.42. The van der Waals surface area contributed by atoms with Crippen molar-refractivity contribution in [3.8, 4) is 0 Å². The van der Waals surface area contributed by atoms with Crippen molar-refractivity contribution in [2.45, 2.75) is 84.8 Å². The van der Waals surface area contributed by atoms with E-state index in [0.717, 1.165) is 0 Å². The van der Waals surface area contributed by atoms with Crippen LogP contribution in [-0.4, -0.2) is 67.2 Å². The summed E-state index contributed by atoms with van der Waals surface area (Å²) in [6.07, 6.45) is 2.70. The van der Waals surface area contributed by atoms with Crippen molar-refractivity contribution in [1.82, 2.24) is 21.3 Å². The fourth-order valence-electron chi connectivity index (χ4n) is 3.16. The fraction of sp³-hybridized carbons (Fsp3) is 0.680. The predicted molar refractivity (Wildman–Crippen MR) is 134 cm³/mol. The SMILES string of the molecule is C=CCOC(=O)CCC(=O)NCCC(=O)NC(CC(C)C)C(=O)NC(C)C(=O)NC(C=O)CC(C)C. The van der Waals surface area contributed by atoms with Crippen LogP contribution in [0.5, 0.6) is 0 Å².